The van der Waals surface area contributed by atoms with Crippen LogP contribution in [0.5, 0.6) is 0 Å². The van der Waals surface area contributed by atoms with Gasteiger partial charge in [0.1, 0.15) is 10.7 Å². The van der Waals surface area contributed by atoms with Crippen LogP contribution in [0.2, 0.25) is 0 Å². The average Bonchev–Trinajstić information content (AvgIpc) is 2.68. The molecule has 12 heteroatoms. The van der Waals surface area contributed by atoms with E-state index in [1.165, 1.54) is 20.9 Å². The molecule has 1 aromatic rings. The molecule has 2 aliphatic rings. The number of rotatable bonds is 7. The van der Waals surface area contributed by atoms with Gasteiger partial charge in [-0.1, -0.05) is 0 Å². The number of hydrogen-bond donors (Lipinski definition) is 1. The van der Waals surface area contributed by atoms with E-state index in [-0.39, 0.29) is 29.4 Å². The maximum absolute atomic E-state index is 12.7. The minimum absolute atomic E-state index is 0.0739. The third kappa shape index (κ3) is 5.68. The molecule has 2 saturated heterocycles. The number of nitrogens with zero attached hydrogens (tertiary/aromatic N) is 4. The van der Waals surface area contributed by atoms with Crippen molar-refractivity contribution < 1.29 is 21.6 Å². The number of morpholine rings is 1. The summed E-state index contributed by atoms with van der Waals surface area (Å²) in [5, 5.41) is 2.96. The second kappa shape index (κ2) is 9.45. The minimum Gasteiger partial charge on any atom is -0.373 e. The van der Waals surface area contributed by atoms with E-state index in [9.17, 15) is 16.8 Å². The summed E-state index contributed by atoms with van der Waals surface area (Å²) in [5.74, 6) is 0.362. The van der Waals surface area contributed by atoms with E-state index in [1.54, 1.807) is 6.07 Å². The number of hydrogen-bond acceptors (Lipinski definition) is 8. The van der Waals surface area contributed by atoms with Gasteiger partial charge in [-0.05, 0) is 33.0 Å². The van der Waals surface area contributed by atoms with Crippen molar-refractivity contribution in [3.05, 3.63) is 18.3 Å². The van der Waals surface area contributed by atoms with Crippen LogP contribution in [-0.2, 0) is 24.8 Å². The smallest absolute Gasteiger partial charge is 0.244 e. The van der Waals surface area contributed by atoms with Crippen LogP contribution in [0.15, 0.2) is 23.2 Å². The van der Waals surface area contributed by atoms with Gasteiger partial charge in [-0.15, -0.1) is 0 Å². The van der Waals surface area contributed by atoms with Crippen LogP contribution >= 0.6 is 0 Å². The van der Waals surface area contributed by atoms with Gasteiger partial charge in [-0.2, -0.15) is 8.61 Å². The van der Waals surface area contributed by atoms with Crippen molar-refractivity contribution in [2.45, 2.75) is 31.0 Å². The standard InChI is InChI=1S/C18H31N5O5S2/c1-15-13-23(14-16(2)28-15)29(24,25)11-6-19-18-5-4-17(12-20-18)30(26,27)22-9-7-21(3)8-10-22/h4-5,12,15-16H,6-11,13-14H2,1-3H3,(H,19,20). The molecule has 30 heavy (non-hydrogen) atoms. The van der Waals surface area contributed by atoms with Crippen LogP contribution in [0.3, 0.4) is 0 Å². The highest BCUT2D eigenvalue weighted by Crippen LogP contribution is 2.18. The van der Waals surface area contributed by atoms with Crippen molar-refractivity contribution in [2.75, 3.05) is 63.9 Å². The van der Waals surface area contributed by atoms with E-state index >= 15 is 0 Å². The number of likely N-dealkylation sites (N-methyl/N-ethyl adjacent to an activating group) is 1. The summed E-state index contributed by atoms with van der Waals surface area (Å²) < 4.78 is 59.1. The first-order valence-corrected chi connectivity index (χ1v) is 13.1. The number of aromatic nitrogens is 1. The van der Waals surface area contributed by atoms with Crippen LogP contribution in [0.1, 0.15) is 13.8 Å². The highest BCUT2D eigenvalue weighted by atomic mass is 32.2. The molecule has 0 radical (unpaired) electrons. The lowest BCUT2D eigenvalue weighted by Gasteiger charge is -2.34. The van der Waals surface area contributed by atoms with Gasteiger partial charge in [0.05, 0.1) is 18.0 Å². The summed E-state index contributed by atoms with van der Waals surface area (Å²) in [4.78, 5) is 6.38. The van der Waals surface area contributed by atoms with Crippen LogP contribution in [-0.4, -0.2) is 106 Å². The van der Waals surface area contributed by atoms with Gasteiger partial charge >= 0.3 is 0 Å². The SMILES string of the molecule is CC1CN(S(=O)(=O)CCNc2ccc(S(=O)(=O)N3CCN(C)CC3)cn2)CC(C)O1. The Bertz CT molecular complexity index is 905. The summed E-state index contributed by atoms with van der Waals surface area (Å²) in [6.07, 6.45) is 1.05. The Labute approximate surface area is 179 Å². The fourth-order valence-corrected chi connectivity index (χ4v) is 6.47. The molecule has 0 aliphatic carbocycles. The Morgan fingerprint density at radius 1 is 1.03 bits per heavy atom. The monoisotopic (exact) mass is 461 g/mol. The lowest BCUT2D eigenvalue weighted by Crippen LogP contribution is -2.49. The Balaban J connectivity index is 1.54. The number of ether oxygens (including phenoxy) is 1. The molecule has 0 aromatic carbocycles. The zero-order valence-corrected chi connectivity index (χ0v) is 19.3. The van der Waals surface area contributed by atoms with Crippen molar-refractivity contribution in [1.82, 2.24) is 18.5 Å². The van der Waals surface area contributed by atoms with Crippen LogP contribution in [0.25, 0.3) is 0 Å². The van der Waals surface area contributed by atoms with Crippen molar-refractivity contribution in [1.29, 1.82) is 0 Å². The fourth-order valence-electron chi connectivity index (χ4n) is 3.61. The Morgan fingerprint density at radius 3 is 2.23 bits per heavy atom. The van der Waals surface area contributed by atoms with E-state index in [4.69, 9.17) is 4.74 Å². The second-order valence-corrected chi connectivity index (χ2v) is 11.9. The molecule has 0 spiro atoms. The maximum atomic E-state index is 12.7. The van der Waals surface area contributed by atoms with Gasteiger partial charge in [-0.3, -0.25) is 0 Å². The van der Waals surface area contributed by atoms with E-state index < -0.39 is 20.0 Å². The van der Waals surface area contributed by atoms with Gasteiger partial charge in [-0.25, -0.2) is 21.8 Å². The quantitative estimate of drug-likeness (QED) is 0.598. The van der Waals surface area contributed by atoms with Crippen molar-refractivity contribution in [2.24, 2.45) is 0 Å². The molecule has 1 N–H and O–H groups in total. The summed E-state index contributed by atoms with van der Waals surface area (Å²) in [5.41, 5.74) is 0. The van der Waals surface area contributed by atoms with Crippen molar-refractivity contribution in [3.8, 4) is 0 Å². The van der Waals surface area contributed by atoms with E-state index in [0.717, 1.165) is 0 Å². The largest absolute Gasteiger partial charge is 0.373 e. The number of nitrogens with one attached hydrogen (secondary N) is 1. The lowest BCUT2D eigenvalue weighted by molar-refractivity contribution is -0.0440. The third-order valence-corrected chi connectivity index (χ3v) is 8.97. The molecule has 10 nitrogen and oxygen atoms in total. The Hall–Kier alpha value is -1.31. The molecule has 0 saturated carbocycles. The van der Waals surface area contributed by atoms with E-state index in [1.807, 2.05) is 20.9 Å². The summed E-state index contributed by atoms with van der Waals surface area (Å²) in [6, 6.07) is 3.07. The first-order chi connectivity index (χ1) is 14.1. The van der Waals surface area contributed by atoms with Crippen LogP contribution < -0.4 is 5.32 Å². The third-order valence-electron chi connectivity index (χ3n) is 5.28. The molecule has 0 amide bonds. The molecule has 0 bridgehead atoms. The van der Waals surface area contributed by atoms with Gasteiger partial charge < -0.3 is 15.0 Å². The summed E-state index contributed by atoms with van der Waals surface area (Å²) >= 11 is 0. The zero-order valence-electron chi connectivity index (χ0n) is 17.7. The van der Waals surface area contributed by atoms with Gasteiger partial charge in [0.15, 0.2) is 0 Å². The summed E-state index contributed by atoms with van der Waals surface area (Å²) in [6.45, 7) is 6.90. The molecule has 170 valence electrons. The molecule has 3 heterocycles. The van der Waals surface area contributed by atoms with Crippen molar-refractivity contribution in [3.63, 3.8) is 0 Å². The highest BCUT2D eigenvalue weighted by Gasteiger charge is 2.31. The average molecular weight is 462 g/mol. The van der Waals surface area contributed by atoms with Gasteiger partial charge in [0.25, 0.3) is 0 Å². The molecule has 2 atom stereocenters. The molecule has 3 rings (SSSR count). The zero-order chi connectivity index (χ0) is 21.9. The van der Waals surface area contributed by atoms with Crippen LogP contribution in [0, 0.1) is 0 Å². The Kier molecular flexibility index (Phi) is 7.36. The number of anilines is 1. The number of sulfonamides is 2. The molecule has 2 fully saturated rings. The van der Waals surface area contributed by atoms with E-state index in [2.05, 4.69) is 15.2 Å². The van der Waals surface area contributed by atoms with Crippen molar-refractivity contribution >= 4 is 25.9 Å². The second-order valence-electron chi connectivity index (χ2n) is 7.90. The minimum atomic E-state index is -3.57. The lowest BCUT2D eigenvalue weighted by atomic mass is 10.3. The number of pyridine rings is 1. The van der Waals surface area contributed by atoms with Gasteiger partial charge in [0.2, 0.25) is 20.0 Å². The first kappa shape index (κ1) is 23.4. The molecule has 1 aromatic heterocycles. The highest BCUT2D eigenvalue weighted by molar-refractivity contribution is 7.89. The number of piperazine rings is 1. The topological polar surface area (TPSA) is 112 Å². The molecular weight excluding hydrogens is 430 g/mol. The predicted octanol–water partition coefficient (Wildman–Crippen LogP) is -0.131. The summed E-state index contributed by atoms with van der Waals surface area (Å²) in [7, 11) is -5.02. The fraction of sp³-hybridized carbons (Fsp3) is 0.722. The van der Waals surface area contributed by atoms with E-state index in [0.29, 0.717) is 45.1 Å². The van der Waals surface area contributed by atoms with Gasteiger partial charge in [0, 0.05) is 52.0 Å². The molecule has 2 unspecified atom stereocenters. The molecule has 2 aliphatic heterocycles. The first-order valence-electron chi connectivity index (χ1n) is 10.1. The Morgan fingerprint density at radius 2 is 1.67 bits per heavy atom. The predicted molar refractivity (Wildman–Crippen MR) is 114 cm³/mol. The normalized spacial score (nSPS) is 25.3. The maximum Gasteiger partial charge on any atom is 0.244 e. The molecular formula is C18H31N5O5S2. The van der Waals surface area contributed by atoms with Crippen LogP contribution in [0.4, 0.5) is 5.82 Å².